The average Bonchev–Trinajstić information content (AvgIpc) is 3.18. The number of nitrogens with one attached hydrogen (secondary N) is 1. The van der Waals surface area contributed by atoms with Gasteiger partial charge in [0.05, 0.1) is 0 Å². The summed E-state index contributed by atoms with van der Waals surface area (Å²) >= 11 is 1.83. The minimum Gasteiger partial charge on any atom is -0.256 e. The molecule has 3 saturated carbocycles. The highest BCUT2D eigenvalue weighted by molar-refractivity contribution is 7.22. The summed E-state index contributed by atoms with van der Waals surface area (Å²) in [5, 5.41) is 7.24. The lowest BCUT2D eigenvalue weighted by Gasteiger charge is -2.51. The number of hydrogen-bond acceptors (Lipinski definition) is 5. The molecule has 6 rings (SSSR count). The SMILES string of the molecule is CC(C)CN1N(c2cc3ccccc3s2)NO[C@]12CC1CCC2CC1. The Kier molecular flexibility index (Phi) is 3.82. The molecule has 4 aliphatic rings. The van der Waals surface area contributed by atoms with E-state index >= 15 is 0 Å². The van der Waals surface area contributed by atoms with Crippen LogP contribution in [-0.4, -0.2) is 17.3 Å². The Morgan fingerprint density at radius 1 is 1.24 bits per heavy atom. The van der Waals surface area contributed by atoms with Crippen molar-refractivity contribution >= 4 is 26.4 Å². The second-order valence-electron chi connectivity index (χ2n) is 8.37. The van der Waals surface area contributed by atoms with Crippen LogP contribution >= 0.6 is 11.3 Å². The number of rotatable bonds is 3. The number of benzene rings is 1. The first kappa shape index (κ1) is 16.1. The van der Waals surface area contributed by atoms with Crippen LogP contribution < -0.4 is 10.7 Å². The standard InChI is InChI=1S/C20H27N3OS/c1-14(2)13-22-20(12-15-7-9-17(20)10-8-15)24-21-23(22)19-11-16-5-3-4-6-18(16)25-19/h3-6,11,14-15,17,21H,7-10,12-13H2,1-2H3/t15?,17?,20-/m0/s1. The van der Waals surface area contributed by atoms with E-state index in [0.29, 0.717) is 11.8 Å². The summed E-state index contributed by atoms with van der Waals surface area (Å²) in [4.78, 5) is 6.40. The Labute approximate surface area is 153 Å². The molecule has 2 aromatic rings. The Balaban J connectivity index is 1.53. The van der Waals surface area contributed by atoms with Gasteiger partial charge in [-0.15, -0.1) is 11.3 Å². The molecule has 2 heterocycles. The minimum atomic E-state index is -0.151. The normalized spacial score (nSPS) is 32.5. The van der Waals surface area contributed by atoms with Crippen molar-refractivity contribution in [1.29, 1.82) is 0 Å². The van der Waals surface area contributed by atoms with Crippen LogP contribution in [-0.2, 0) is 4.84 Å². The van der Waals surface area contributed by atoms with E-state index in [2.05, 4.69) is 59.9 Å². The molecule has 1 aliphatic heterocycles. The van der Waals surface area contributed by atoms with E-state index in [9.17, 15) is 0 Å². The number of thiophene rings is 1. The fourth-order valence-corrected chi connectivity index (χ4v) is 6.08. The lowest BCUT2D eigenvalue weighted by atomic mass is 9.65. The van der Waals surface area contributed by atoms with Gasteiger partial charge in [-0.2, -0.15) is 5.01 Å². The molecule has 5 heteroatoms. The molecule has 1 aromatic heterocycles. The molecule has 4 nitrogen and oxygen atoms in total. The molecule has 134 valence electrons. The molecule has 1 atom stereocenters. The van der Waals surface area contributed by atoms with Gasteiger partial charge in [-0.3, -0.25) is 4.84 Å². The molecule has 1 aromatic carbocycles. The van der Waals surface area contributed by atoms with Gasteiger partial charge in [0.1, 0.15) is 5.00 Å². The molecule has 25 heavy (non-hydrogen) atoms. The Hall–Kier alpha value is -1.14. The maximum absolute atomic E-state index is 6.40. The lowest BCUT2D eigenvalue weighted by molar-refractivity contribution is -0.201. The fourth-order valence-electron chi connectivity index (χ4n) is 5.05. The van der Waals surface area contributed by atoms with E-state index < -0.39 is 0 Å². The van der Waals surface area contributed by atoms with Crippen molar-refractivity contribution in [3.05, 3.63) is 30.3 Å². The van der Waals surface area contributed by atoms with E-state index in [0.717, 1.165) is 12.5 Å². The Morgan fingerprint density at radius 2 is 2.04 bits per heavy atom. The summed E-state index contributed by atoms with van der Waals surface area (Å²) in [5.41, 5.74) is 3.15. The summed E-state index contributed by atoms with van der Waals surface area (Å²) < 4.78 is 1.33. The molecular weight excluding hydrogens is 330 g/mol. The number of nitrogens with zero attached hydrogens (tertiary/aromatic N) is 2. The van der Waals surface area contributed by atoms with Gasteiger partial charge in [-0.05, 0) is 61.5 Å². The van der Waals surface area contributed by atoms with Gasteiger partial charge in [0.15, 0.2) is 5.72 Å². The maximum Gasteiger partial charge on any atom is 0.165 e. The second kappa shape index (κ2) is 5.95. The highest BCUT2D eigenvalue weighted by Gasteiger charge is 2.58. The van der Waals surface area contributed by atoms with E-state index in [1.165, 1.54) is 47.2 Å². The van der Waals surface area contributed by atoms with Gasteiger partial charge < -0.3 is 0 Å². The van der Waals surface area contributed by atoms with Crippen LogP contribution in [0.15, 0.2) is 30.3 Å². The van der Waals surface area contributed by atoms with Gasteiger partial charge in [-0.1, -0.05) is 37.6 Å². The Bertz CT molecular complexity index is 734. The van der Waals surface area contributed by atoms with E-state index in [-0.39, 0.29) is 5.72 Å². The van der Waals surface area contributed by atoms with Crippen molar-refractivity contribution in [1.82, 2.24) is 10.6 Å². The molecule has 2 bridgehead atoms. The molecule has 0 unspecified atom stereocenters. The highest BCUT2D eigenvalue weighted by Crippen LogP contribution is 2.53. The first-order chi connectivity index (χ1) is 12.2. The predicted molar refractivity (Wildman–Crippen MR) is 103 cm³/mol. The Morgan fingerprint density at radius 3 is 2.72 bits per heavy atom. The van der Waals surface area contributed by atoms with Crippen LogP contribution in [0.1, 0.15) is 46.0 Å². The zero-order valence-corrected chi connectivity index (χ0v) is 15.9. The molecule has 0 amide bonds. The molecular formula is C20H27N3OS. The zero-order valence-electron chi connectivity index (χ0n) is 15.1. The van der Waals surface area contributed by atoms with Crippen molar-refractivity contribution in [2.45, 2.75) is 51.7 Å². The molecule has 0 radical (unpaired) electrons. The zero-order chi connectivity index (χ0) is 17.0. The van der Waals surface area contributed by atoms with Gasteiger partial charge in [0.2, 0.25) is 0 Å². The van der Waals surface area contributed by atoms with Gasteiger partial charge >= 0.3 is 0 Å². The van der Waals surface area contributed by atoms with Crippen molar-refractivity contribution in [3.63, 3.8) is 0 Å². The van der Waals surface area contributed by atoms with Crippen LogP contribution in [0.4, 0.5) is 5.00 Å². The molecule has 3 aliphatic carbocycles. The smallest absolute Gasteiger partial charge is 0.165 e. The number of hydrogen-bond donors (Lipinski definition) is 1. The highest BCUT2D eigenvalue weighted by atomic mass is 32.1. The van der Waals surface area contributed by atoms with E-state index in [1.54, 1.807) is 0 Å². The average molecular weight is 358 g/mol. The number of hydrazine groups is 2. The van der Waals surface area contributed by atoms with Crippen LogP contribution in [0.5, 0.6) is 0 Å². The van der Waals surface area contributed by atoms with E-state index in [1.807, 2.05) is 11.3 Å². The van der Waals surface area contributed by atoms with Gasteiger partial charge in [0, 0.05) is 17.2 Å². The van der Waals surface area contributed by atoms with E-state index in [4.69, 9.17) is 4.84 Å². The minimum absolute atomic E-state index is 0.151. The van der Waals surface area contributed by atoms with Crippen LogP contribution in [0.2, 0.25) is 0 Å². The maximum atomic E-state index is 6.40. The molecule has 1 N–H and O–H groups in total. The third-order valence-corrected chi connectivity index (χ3v) is 7.30. The summed E-state index contributed by atoms with van der Waals surface area (Å²) in [6.07, 6.45) is 6.55. The third-order valence-electron chi connectivity index (χ3n) is 6.21. The first-order valence-corrected chi connectivity index (χ1v) is 10.5. The largest absolute Gasteiger partial charge is 0.256 e. The van der Waals surface area contributed by atoms with Crippen LogP contribution in [0, 0.1) is 17.8 Å². The summed E-state index contributed by atoms with van der Waals surface area (Å²) in [5.74, 6) is 2.06. The molecule has 1 spiro atoms. The van der Waals surface area contributed by atoms with Gasteiger partial charge in [0.25, 0.3) is 0 Å². The first-order valence-electron chi connectivity index (χ1n) is 9.65. The topological polar surface area (TPSA) is 27.7 Å². The van der Waals surface area contributed by atoms with Crippen molar-refractivity contribution in [2.24, 2.45) is 17.8 Å². The number of fused-ring (bicyclic) bond motifs is 3. The lowest BCUT2D eigenvalue weighted by Crippen LogP contribution is -2.60. The van der Waals surface area contributed by atoms with Gasteiger partial charge in [-0.25, -0.2) is 5.12 Å². The monoisotopic (exact) mass is 357 g/mol. The third kappa shape index (κ3) is 2.52. The molecule has 4 fully saturated rings. The van der Waals surface area contributed by atoms with Crippen LogP contribution in [0.25, 0.3) is 10.1 Å². The second-order valence-corrected chi connectivity index (χ2v) is 9.43. The van der Waals surface area contributed by atoms with Crippen molar-refractivity contribution in [3.8, 4) is 0 Å². The number of anilines is 1. The predicted octanol–water partition coefficient (Wildman–Crippen LogP) is 4.94. The molecule has 1 saturated heterocycles. The summed E-state index contributed by atoms with van der Waals surface area (Å²) in [7, 11) is 0. The van der Waals surface area contributed by atoms with Crippen LogP contribution in [0.3, 0.4) is 0 Å². The fraction of sp³-hybridized carbons (Fsp3) is 0.600. The summed E-state index contributed by atoms with van der Waals surface area (Å²) in [6, 6.07) is 10.9. The quantitative estimate of drug-likeness (QED) is 0.842. The van der Waals surface area contributed by atoms with Crippen molar-refractivity contribution < 1.29 is 4.84 Å². The van der Waals surface area contributed by atoms with Crippen molar-refractivity contribution in [2.75, 3.05) is 11.7 Å². The summed E-state index contributed by atoms with van der Waals surface area (Å²) in [6.45, 7) is 5.62.